The molecule has 2 aliphatic rings. The molecule has 2 N–H and O–H groups in total. The number of carbonyl (C=O) groups is 1. The number of piperazine rings is 1. The lowest BCUT2D eigenvalue weighted by Crippen LogP contribution is -2.47. The monoisotopic (exact) mass is 473 g/mol. The average molecular weight is 474 g/mol. The fourth-order valence-electron chi connectivity index (χ4n) is 4.75. The van der Waals surface area contributed by atoms with Gasteiger partial charge in [-0.2, -0.15) is 0 Å². The summed E-state index contributed by atoms with van der Waals surface area (Å²) in [6, 6.07) is 16.1. The number of hydroxylamine groups is 1. The molecule has 0 atom stereocenters. The molecule has 8 heteroatoms. The third kappa shape index (κ3) is 5.18. The molecule has 0 saturated carbocycles. The van der Waals surface area contributed by atoms with Crippen molar-refractivity contribution in [2.24, 2.45) is 4.99 Å². The number of nitrogens with one attached hydrogen (secondary N) is 1. The highest BCUT2D eigenvalue weighted by atomic mass is 19.1. The fraction of sp³-hybridized carbons (Fsp3) is 0.259. The Kier molecular flexibility index (Phi) is 6.74. The van der Waals surface area contributed by atoms with Gasteiger partial charge in [-0.05, 0) is 41.5 Å². The molecule has 3 heterocycles. The standard InChI is InChI=1S/C27H28FN5O2/c28-23-4-1-3-21(17-23)18-31-13-15-32(16-14-31)25-5-2-11-29-26-24(25)10-12-33(26)19-20-6-8-22(9-7-20)27(34)30-35/h1-4,6-12,17,35H,5,13-16,18-19H2,(H,30,34). The highest BCUT2D eigenvalue weighted by molar-refractivity contribution is 5.93. The summed E-state index contributed by atoms with van der Waals surface area (Å²) in [6.07, 6.45) is 6.86. The molecule has 0 bridgehead atoms. The molecule has 3 aromatic rings. The summed E-state index contributed by atoms with van der Waals surface area (Å²) >= 11 is 0. The van der Waals surface area contributed by atoms with E-state index in [2.05, 4.69) is 32.7 Å². The van der Waals surface area contributed by atoms with Gasteiger partial charge in [0.05, 0.1) is 0 Å². The summed E-state index contributed by atoms with van der Waals surface area (Å²) in [7, 11) is 0. The van der Waals surface area contributed by atoms with Crippen LogP contribution in [0.2, 0.25) is 0 Å². The minimum atomic E-state index is -0.526. The van der Waals surface area contributed by atoms with E-state index in [1.54, 1.807) is 29.7 Å². The van der Waals surface area contributed by atoms with Crippen molar-refractivity contribution in [3.63, 3.8) is 0 Å². The number of halogens is 1. The van der Waals surface area contributed by atoms with Crippen LogP contribution in [0.3, 0.4) is 0 Å². The van der Waals surface area contributed by atoms with E-state index in [-0.39, 0.29) is 5.82 Å². The zero-order chi connectivity index (χ0) is 24.2. The van der Waals surface area contributed by atoms with Gasteiger partial charge in [0.25, 0.3) is 5.91 Å². The van der Waals surface area contributed by atoms with E-state index in [1.165, 1.54) is 11.8 Å². The van der Waals surface area contributed by atoms with Crippen molar-refractivity contribution < 1.29 is 14.4 Å². The first-order valence-corrected chi connectivity index (χ1v) is 11.8. The minimum Gasteiger partial charge on any atom is -0.371 e. The number of fused-ring (bicyclic) bond motifs is 1. The normalized spacial score (nSPS) is 15.9. The van der Waals surface area contributed by atoms with Crippen LogP contribution in [-0.4, -0.2) is 51.7 Å². The zero-order valence-corrected chi connectivity index (χ0v) is 19.4. The highest BCUT2D eigenvalue weighted by Gasteiger charge is 2.20. The Bertz CT molecular complexity index is 1350. The van der Waals surface area contributed by atoms with Gasteiger partial charge in [-0.25, -0.2) is 14.9 Å². The number of hydrogen-bond acceptors (Lipinski definition) is 5. The lowest BCUT2D eigenvalue weighted by molar-refractivity contribution is 0.0706. The Balaban J connectivity index is 1.32. The van der Waals surface area contributed by atoms with Crippen molar-refractivity contribution in [1.82, 2.24) is 19.8 Å². The first-order chi connectivity index (χ1) is 17.1. The van der Waals surface area contributed by atoms with Gasteiger partial charge in [0, 0.05) is 74.6 Å². The van der Waals surface area contributed by atoms with Crippen molar-refractivity contribution in [3.8, 4) is 0 Å². The van der Waals surface area contributed by atoms with Gasteiger partial charge in [-0.1, -0.05) is 30.3 Å². The first-order valence-electron chi connectivity index (χ1n) is 11.8. The van der Waals surface area contributed by atoms with E-state index in [9.17, 15) is 9.18 Å². The molecule has 2 aromatic carbocycles. The second-order valence-electron chi connectivity index (χ2n) is 8.88. The van der Waals surface area contributed by atoms with Gasteiger partial charge >= 0.3 is 0 Å². The molecule has 1 fully saturated rings. The Morgan fingerprint density at radius 1 is 1.00 bits per heavy atom. The molecule has 180 valence electrons. The predicted octanol–water partition coefficient (Wildman–Crippen LogP) is 2.26. The molecule has 5 rings (SSSR count). The molecule has 1 aromatic heterocycles. The number of carbonyl (C=O) groups excluding carboxylic acids is 1. The van der Waals surface area contributed by atoms with E-state index >= 15 is 0 Å². The second kappa shape index (κ2) is 10.2. The van der Waals surface area contributed by atoms with Crippen LogP contribution in [-0.2, 0) is 13.1 Å². The molecular formula is C27H28FN5O2. The smallest absolute Gasteiger partial charge is 0.274 e. The number of nitrogens with zero attached hydrogens (tertiary/aromatic N) is 4. The van der Waals surface area contributed by atoms with E-state index in [0.29, 0.717) is 12.1 Å². The van der Waals surface area contributed by atoms with Crippen LogP contribution in [0.25, 0.3) is 5.70 Å². The molecular weight excluding hydrogens is 445 g/mol. The largest absolute Gasteiger partial charge is 0.371 e. The molecule has 0 unspecified atom stereocenters. The van der Waals surface area contributed by atoms with Crippen LogP contribution < -0.4 is 16.2 Å². The highest BCUT2D eigenvalue weighted by Crippen LogP contribution is 2.16. The summed E-state index contributed by atoms with van der Waals surface area (Å²) in [5.74, 6) is -0.712. The molecule has 0 radical (unpaired) electrons. The Hall–Kier alpha value is -3.75. The van der Waals surface area contributed by atoms with Gasteiger partial charge in [0.1, 0.15) is 11.3 Å². The van der Waals surface area contributed by atoms with E-state index in [1.807, 2.05) is 24.4 Å². The van der Waals surface area contributed by atoms with Crippen LogP contribution >= 0.6 is 0 Å². The van der Waals surface area contributed by atoms with Crippen LogP contribution in [0.15, 0.2) is 78.1 Å². The third-order valence-corrected chi connectivity index (χ3v) is 6.58. The van der Waals surface area contributed by atoms with E-state index in [4.69, 9.17) is 10.2 Å². The average Bonchev–Trinajstić information content (AvgIpc) is 3.13. The molecule has 0 aliphatic carbocycles. The van der Waals surface area contributed by atoms with Crippen molar-refractivity contribution in [1.29, 1.82) is 0 Å². The zero-order valence-electron chi connectivity index (χ0n) is 19.4. The molecule has 1 amide bonds. The number of amides is 1. The van der Waals surface area contributed by atoms with Crippen molar-refractivity contribution >= 4 is 11.6 Å². The minimum absolute atomic E-state index is 0.186. The summed E-state index contributed by atoms with van der Waals surface area (Å²) < 4.78 is 15.7. The quantitative estimate of drug-likeness (QED) is 0.426. The van der Waals surface area contributed by atoms with Crippen molar-refractivity contribution in [2.75, 3.05) is 26.2 Å². The van der Waals surface area contributed by atoms with Crippen molar-refractivity contribution in [3.05, 3.63) is 106 Å². The number of hydrogen-bond donors (Lipinski definition) is 2. The Morgan fingerprint density at radius 2 is 1.80 bits per heavy atom. The van der Waals surface area contributed by atoms with Crippen LogP contribution in [0, 0.1) is 5.82 Å². The summed E-state index contributed by atoms with van der Waals surface area (Å²) in [4.78, 5) is 21.1. The summed E-state index contributed by atoms with van der Waals surface area (Å²) in [6.45, 7) is 5.06. The molecule has 7 nitrogen and oxygen atoms in total. The maximum absolute atomic E-state index is 13.5. The number of rotatable bonds is 6. The number of benzene rings is 2. The predicted molar refractivity (Wildman–Crippen MR) is 130 cm³/mol. The molecule has 0 spiro atoms. The SMILES string of the molecule is O=C(NO)c1ccc(Cn2ccc3c2=NC=CCC=3N2CCN(Cc3cccc(F)c3)CC2)cc1. The maximum atomic E-state index is 13.5. The number of aromatic nitrogens is 1. The Labute approximate surface area is 203 Å². The van der Waals surface area contributed by atoms with Gasteiger partial charge in [0.15, 0.2) is 0 Å². The van der Waals surface area contributed by atoms with E-state index < -0.39 is 5.91 Å². The molecule has 1 saturated heterocycles. The van der Waals surface area contributed by atoms with Crippen LogP contribution in [0.4, 0.5) is 4.39 Å². The fourth-order valence-corrected chi connectivity index (χ4v) is 4.75. The topological polar surface area (TPSA) is 73.1 Å². The Morgan fingerprint density at radius 3 is 2.54 bits per heavy atom. The lowest BCUT2D eigenvalue weighted by atomic mass is 10.1. The van der Waals surface area contributed by atoms with E-state index in [0.717, 1.165) is 61.0 Å². The second-order valence-corrected chi connectivity index (χ2v) is 8.88. The van der Waals surface area contributed by atoms with Gasteiger partial charge in [-0.15, -0.1) is 0 Å². The maximum Gasteiger partial charge on any atom is 0.274 e. The van der Waals surface area contributed by atoms with Gasteiger partial charge in [-0.3, -0.25) is 14.9 Å². The third-order valence-electron chi connectivity index (χ3n) is 6.58. The van der Waals surface area contributed by atoms with Crippen molar-refractivity contribution in [2.45, 2.75) is 19.5 Å². The molecule has 2 aliphatic heterocycles. The molecule has 35 heavy (non-hydrogen) atoms. The summed E-state index contributed by atoms with van der Waals surface area (Å²) in [5, 5.41) is 9.95. The van der Waals surface area contributed by atoms with Gasteiger partial charge in [0.2, 0.25) is 0 Å². The van der Waals surface area contributed by atoms with Crippen LogP contribution in [0.5, 0.6) is 0 Å². The first kappa shape index (κ1) is 23.0. The van der Waals surface area contributed by atoms with Gasteiger partial charge < -0.3 is 9.47 Å². The summed E-state index contributed by atoms with van der Waals surface area (Å²) in [5.41, 5.74) is 6.30. The van der Waals surface area contributed by atoms with Crippen LogP contribution in [0.1, 0.15) is 27.9 Å². The lowest BCUT2D eigenvalue weighted by Gasteiger charge is -2.37.